The highest BCUT2D eigenvalue weighted by atomic mass is 19.1. The van der Waals surface area contributed by atoms with Crippen LogP contribution in [0, 0.1) is 5.82 Å². The van der Waals surface area contributed by atoms with Crippen molar-refractivity contribution in [2.24, 2.45) is 7.05 Å². The molecule has 2 aromatic rings. The average molecular weight is 233 g/mol. The van der Waals surface area contributed by atoms with Gasteiger partial charge in [0.1, 0.15) is 5.82 Å². The molecule has 4 heteroatoms. The highest BCUT2D eigenvalue weighted by Gasteiger charge is 2.16. The van der Waals surface area contributed by atoms with Gasteiger partial charge in [0.15, 0.2) is 0 Å². The molecular formula is C13H16FN3. The van der Waals surface area contributed by atoms with Crippen LogP contribution in [-0.2, 0) is 7.05 Å². The van der Waals surface area contributed by atoms with E-state index < -0.39 is 0 Å². The van der Waals surface area contributed by atoms with Crippen LogP contribution >= 0.6 is 0 Å². The Morgan fingerprint density at radius 1 is 1.29 bits per heavy atom. The van der Waals surface area contributed by atoms with Gasteiger partial charge in [-0.15, -0.1) is 0 Å². The Kier molecular flexibility index (Phi) is 2.88. The number of nitrogen functional groups attached to an aromatic ring is 1. The quantitative estimate of drug-likeness (QED) is 0.810. The number of anilines is 1. The zero-order valence-corrected chi connectivity index (χ0v) is 10.2. The van der Waals surface area contributed by atoms with Gasteiger partial charge < -0.3 is 5.73 Å². The second kappa shape index (κ2) is 4.20. The number of hydrogen-bond acceptors (Lipinski definition) is 2. The first kappa shape index (κ1) is 11.6. The van der Waals surface area contributed by atoms with Crippen molar-refractivity contribution in [1.82, 2.24) is 9.78 Å². The summed E-state index contributed by atoms with van der Waals surface area (Å²) in [6, 6.07) is 4.85. The van der Waals surface area contributed by atoms with Gasteiger partial charge in [0.05, 0.1) is 11.4 Å². The standard InChI is InChI=1S/C13H16FN3/c1-8(2)13-10(7-17(3)16-13)9-5-4-6-11(14)12(9)15/h4-8H,15H2,1-3H3. The van der Waals surface area contributed by atoms with Crippen molar-refractivity contribution in [3.05, 3.63) is 35.9 Å². The van der Waals surface area contributed by atoms with Gasteiger partial charge in [0.2, 0.25) is 0 Å². The average Bonchev–Trinajstić information content (AvgIpc) is 2.64. The molecule has 0 aliphatic carbocycles. The molecule has 3 nitrogen and oxygen atoms in total. The summed E-state index contributed by atoms with van der Waals surface area (Å²) in [7, 11) is 1.85. The molecule has 0 bridgehead atoms. The summed E-state index contributed by atoms with van der Waals surface area (Å²) in [5.74, 6) is -0.116. The molecule has 0 saturated heterocycles. The Labute approximate surface area is 100 Å². The lowest BCUT2D eigenvalue weighted by Gasteiger charge is -2.08. The zero-order chi connectivity index (χ0) is 12.6. The molecule has 17 heavy (non-hydrogen) atoms. The molecule has 0 radical (unpaired) electrons. The van der Waals surface area contributed by atoms with Crippen LogP contribution in [0.2, 0.25) is 0 Å². The molecule has 0 saturated carbocycles. The summed E-state index contributed by atoms with van der Waals surface area (Å²) in [6.45, 7) is 4.11. The summed E-state index contributed by atoms with van der Waals surface area (Å²) >= 11 is 0. The summed E-state index contributed by atoms with van der Waals surface area (Å²) < 4.78 is 15.2. The van der Waals surface area contributed by atoms with Crippen LogP contribution in [0.15, 0.2) is 24.4 Å². The Balaban J connectivity index is 2.64. The van der Waals surface area contributed by atoms with Gasteiger partial charge in [-0.1, -0.05) is 26.0 Å². The number of nitrogens with two attached hydrogens (primary N) is 1. The predicted molar refractivity (Wildman–Crippen MR) is 67.1 cm³/mol. The zero-order valence-electron chi connectivity index (χ0n) is 10.2. The topological polar surface area (TPSA) is 43.8 Å². The third-order valence-corrected chi connectivity index (χ3v) is 2.75. The van der Waals surface area contributed by atoms with Crippen molar-refractivity contribution in [2.75, 3.05) is 5.73 Å². The van der Waals surface area contributed by atoms with Crippen molar-refractivity contribution in [3.63, 3.8) is 0 Å². The lowest BCUT2D eigenvalue weighted by molar-refractivity contribution is 0.633. The SMILES string of the molecule is CC(C)c1nn(C)cc1-c1cccc(F)c1N. The first-order valence-electron chi connectivity index (χ1n) is 5.58. The van der Waals surface area contributed by atoms with Crippen LogP contribution in [0.1, 0.15) is 25.5 Å². The first-order chi connectivity index (χ1) is 8.00. The van der Waals surface area contributed by atoms with E-state index in [-0.39, 0.29) is 17.4 Å². The normalized spacial score (nSPS) is 11.1. The maximum Gasteiger partial charge on any atom is 0.146 e. The summed E-state index contributed by atoms with van der Waals surface area (Å²) in [5.41, 5.74) is 8.51. The summed E-state index contributed by atoms with van der Waals surface area (Å²) in [4.78, 5) is 0. The third kappa shape index (κ3) is 2.02. The molecule has 1 aromatic carbocycles. The summed E-state index contributed by atoms with van der Waals surface area (Å²) in [5, 5.41) is 4.40. The molecule has 0 aliphatic heterocycles. The van der Waals surface area contributed by atoms with E-state index in [1.165, 1.54) is 6.07 Å². The third-order valence-electron chi connectivity index (χ3n) is 2.75. The molecule has 0 unspecified atom stereocenters. The highest BCUT2D eigenvalue weighted by molar-refractivity contribution is 5.78. The lowest BCUT2D eigenvalue weighted by Crippen LogP contribution is -1.97. The van der Waals surface area contributed by atoms with Gasteiger partial charge >= 0.3 is 0 Å². The minimum Gasteiger partial charge on any atom is -0.396 e. The van der Waals surface area contributed by atoms with Gasteiger partial charge in [-0.2, -0.15) is 5.10 Å². The lowest BCUT2D eigenvalue weighted by atomic mass is 9.99. The Bertz CT molecular complexity index is 544. The van der Waals surface area contributed by atoms with Crippen LogP contribution < -0.4 is 5.73 Å². The van der Waals surface area contributed by atoms with Gasteiger partial charge in [0, 0.05) is 24.4 Å². The van der Waals surface area contributed by atoms with E-state index in [0.29, 0.717) is 5.56 Å². The smallest absolute Gasteiger partial charge is 0.146 e. The van der Waals surface area contributed by atoms with Crippen LogP contribution in [0.4, 0.5) is 10.1 Å². The van der Waals surface area contributed by atoms with E-state index in [2.05, 4.69) is 18.9 Å². The van der Waals surface area contributed by atoms with Gasteiger partial charge in [-0.3, -0.25) is 4.68 Å². The molecule has 2 N–H and O–H groups in total. The van der Waals surface area contributed by atoms with E-state index in [1.54, 1.807) is 10.7 Å². The Hall–Kier alpha value is -1.84. The molecular weight excluding hydrogens is 217 g/mol. The molecule has 0 spiro atoms. The summed E-state index contributed by atoms with van der Waals surface area (Å²) in [6.07, 6.45) is 1.88. The molecule has 1 aromatic heterocycles. The number of aromatic nitrogens is 2. The number of para-hydroxylation sites is 1. The number of benzene rings is 1. The fourth-order valence-corrected chi connectivity index (χ4v) is 1.91. The van der Waals surface area contributed by atoms with Crippen molar-refractivity contribution in [1.29, 1.82) is 0 Å². The van der Waals surface area contributed by atoms with E-state index in [9.17, 15) is 4.39 Å². The molecule has 0 aliphatic rings. The molecule has 90 valence electrons. The fraction of sp³-hybridized carbons (Fsp3) is 0.308. The molecule has 1 heterocycles. The van der Waals surface area contributed by atoms with Crippen molar-refractivity contribution in [3.8, 4) is 11.1 Å². The van der Waals surface area contributed by atoms with Crippen molar-refractivity contribution < 1.29 is 4.39 Å². The van der Waals surface area contributed by atoms with Crippen molar-refractivity contribution in [2.45, 2.75) is 19.8 Å². The van der Waals surface area contributed by atoms with E-state index in [4.69, 9.17) is 5.73 Å². The molecule has 0 fully saturated rings. The number of halogens is 1. The van der Waals surface area contributed by atoms with Crippen LogP contribution in [0.5, 0.6) is 0 Å². The number of nitrogens with zero attached hydrogens (tertiary/aromatic N) is 2. The Morgan fingerprint density at radius 2 is 2.00 bits per heavy atom. The van der Waals surface area contributed by atoms with Crippen molar-refractivity contribution >= 4 is 5.69 Å². The predicted octanol–water partition coefficient (Wildman–Crippen LogP) is 2.93. The van der Waals surface area contributed by atoms with E-state index >= 15 is 0 Å². The maximum absolute atomic E-state index is 13.5. The second-order valence-electron chi connectivity index (χ2n) is 4.46. The number of hydrogen-bond donors (Lipinski definition) is 1. The Morgan fingerprint density at radius 3 is 2.65 bits per heavy atom. The van der Waals surface area contributed by atoms with E-state index in [1.807, 2.05) is 19.3 Å². The number of rotatable bonds is 2. The largest absolute Gasteiger partial charge is 0.396 e. The van der Waals surface area contributed by atoms with Crippen LogP contribution in [-0.4, -0.2) is 9.78 Å². The molecule has 0 amide bonds. The maximum atomic E-state index is 13.5. The van der Waals surface area contributed by atoms with E-state index in [0.717, 1.165) is 11.3 Å². The first-order valence-corrected chi connectivity index (χ1v) is 5.58. The molecule has 0 atom stereocenters. The minimum atomic E-state index is -0.388. The monoisotopic (exact) mass is 233 g/mol. The van der Waals surface area contributed by atoms with Crippen LogP contribution in [0.3, 0.4) is 0 Å². The minimum absolute atomic E-state index is 0.183. The van der Waals surface area contributed by atoms with Crippen LogP contribution in [0.25, 0.3) is 11.1 Å². The molecule has 2 rings (SSSR count). The van der Waals surface area contributed by atoms with Gasteiger partial charge in [0.25, 0.3) is 0 Å². The second-order valence-corrected chi connectivity index (χ2v) is 4.46. The van der Waals surface area contributed by atoms with Gasteiger partial charge in [-0.25, -0.2) is 4.39 Å². The fourth-order valence-electron chi connectivity index (χ4n) is 1.91. The van der Waals surface area contributed by atoms with Gasteiger partial charge in [-0.05, 0) is 12.0 Å². The number of aryl methyl sites for hydroxylation is 1. The highest BCUT2D eigenvalue weighted by Crippen LogP contribution is 2.32.